The van der Waals surface area contributed by atoms with Crippen molar-refractivity contribution in [3.05, 3.63) is 48.4 Å². The van der Waals surface area contributed by atoms with Crippen molar-refractivity contribution in [2.45, 2.75) is 31.3 Å². The second-order valence-corrected chi connectivity index (χ2v) is 8.21. The van der Waals surface area contributed by atoms with Crippen molar-refractivity contribution in [2.75, 3.05) is 35.2 Å². The van der Waals surface area contributed by atoms with Crippen molar-refractivity contribution in [1.29, 1.82) is 0 Å². The number of piperidine rings is 1. The van der Waals surface area contributed by atoms with Crippen LogP contribution >= 0.6 is 0 Å². The Balaban J connectivity index is 1.44. The van der Waals surface area contributed by atoms with Crippen LogP contribution in [0, 0.1) is 11.8 Å². The van der Waals surface area contributed by atoms with Crippen molar-refractivity contribution in [3.63, 3.8) is 0 Å². The Morgan fingerprint density at radius 2 is 1.91 bits per heavy atom. The first-order valence-corrected chi connectivity index (χ1v) is 11.1. The lowest BCUT2D eigenvalue weighted by atomic mass is 9.96. The molecule has 0 bridgehead atoms. The Morgan fingerprint density at radius 1 is 1.06 bits per heavy atom. The van der Waals surface area contributed by atoms with Gasteiger partial charge in [0.15, 0.2) is 5.82 Å². The molecule has 2 aromatic heterocycles. The number of hydrogen-bond acceptors (Lipinski definition) is 9. The van der Waals surface area contributed by atoms with Gasteiger partial charge >= 0.3 is 0 Å². The molecule has 1 aromatic carbocycles. The van der Waals surface area contributed by atoms with Crippen LogP contribution in [0.5, 0.6) is 5.75 Å². The molecule has 33 heavy (non-hydrogen) atoms. The molecule has 4 heterocycles. The van der Waals surface area contributed by atoms with Gasteiger partial charge in [-0.05, 0) is 49.4 Å². The van der Waals surface area contributed by atoms with Gasteiger partial charge in [-0.25, -0.2) is 9.97 Å². The van der Waals surface area contributed by atoms with Crippen LogP contribution in [0.25, 0.3) is 11.3 Å². The molecule has 0 aliphatic carbocycles. The van der Waals surface area contributed by atoms with E-state index in [0.717, 1.165) is 43.9 Å². The molecule has 9 nitrogen and oxygen atoms in total. The van der Waals surface area contributed by atoms with Crippen LogP contribution in [0.3, 0.4) is 0 Å². The summed E-state index contributed by atoms with van der Waals surface area (Å²) in [5.41, 5.74) is 13.9. The maximum absolute atomic E-state index is 10.3. The second-order valence-electron chi connectivity index (χ2n) is 8.21. The van der Waals surface area contributed by atoms with Crippen molar-refractivity contribution >= 4 is 17.3 Å². The number of nitrogens with zero attached hydrogens (tertiary/aromatic N) is 6. The Morgan fingerprint density at radius 3 is 2.76 bits per heavy atom. The van der Waals surface area contributed by atoms with Gasteiger partial charge in [0, 0.05) is 24.8 Å². The number of para-hydroxylation sites is 1. The van der Waals surface area contributed by atoms with E-state index < -0.39 is 0 Å². The molecule has 5 rings (SSSR count). The molecule has 9 heteroatoms. The number of rotatable bonds is 3. The molecule has 2 aliphatic heterocycles. The minimum absolute atomic E-state index is 0.170. The number of anilines is 3. The number of hydrogen-bond donors (Lipinski definition) is 3. The molecule has 0 radical (unpaired) electrons. The summed E-state index contributed by atoms with van der Waals surface area (Å²) in [6, 6.07) is 11.6. The summed E-state index contributed by atoms with van der Waals surface area (Å²) in [4.78, 5) is 13.6. The summed E-state index contributed by atoms with van der Waals surface area (Å²) in [6.45, 7) is 2.06. The average Bonchev–Trinajstić information content (AvgIpc) is 3.28. The van der Waals surface area contributed by atoms with Crippen LogP contribution < -0.4 is 21.3 Å². The fourth-order valence-corrected chi connectivity index (χ4v) is 4.91. The third kappa shape index (κ3) is 4.01. The average molecular weight is 443 g/mol. The highest BCUT2D eigenvalue weighted by molar-refractivity contribution is 5.74. The second kappa shape index (κ2) is 8.92. The van der Waals surface area contributed by atoms with E-state index >= 15 is 0 Å². The standard InChI is InChI=1S/C24H26N8O/c25-11-3-8-22-27-12-9-23(28-22)32-14-10-19-18(32)6-4-13-31(19)20-15-17(29-30-24(20)26)16-5-1-2-7-21(16)33/h1-2,5,7,9,12,15,18-19,33H,4,6,10-11,13-14,25H2,(H2,26,30)/t18-,19-/m0/s1. The van der Waals surface area contributed by atoms with Crippen molar-refractivity contribution in [3.8, 4) is 28.8 Å². The number of phenolic OH excluding ortho intramolecular Hbond substituents is 1. The SMILES string of the molecule is NCC#Cc1nccc(N2CC[C@H]3[C@@H]2CCCN3c2cc(-c3ccccc3O)nnc2N)n1. The van der Waals surface area contributed by atoms with E-state index in [-0.39, 0.29) is 18.3 Å². The molecule has 5 N–H and O–H groups in total. The zero-order chi connectivity index (χ0) is 22.8. The van der Waals surface area contributed by atoms with Crippen LogP contribution in [0.4, 0.5) is 17.3 Å². The van der Waals surface area contributed by atoms with E-state index in [4.69, 9.17) is 11.5 Å². The van der Waals surface area contributed by atoms with Crippen LogP contribution in [0.15, 0.2) is 42.6 Å². The number of phenols is 1. The molecule has 2 saturated heterocycles. The number of aromatic hydroxyl groups is 1. The zero-order valence-corrected chi connectivity index (χ0v) is 18.2. The topological polar surface area (TPSA) is 130 Å². The number of fused-ring (bicyclic) bond motifs is 1. The van der Waals surface area contributed by atoms with Gasteiger partial charge in [0.05, 0.1) is 30.0 Å². The Labute approximate surface area is 192 Å². The molecule has 0 unspecified atom stereocenters. The van der Waals surface area contributed by atoms with Crippen molar-refractivity contribution < 1.29 is 5.11 Å². The molecular formula is C24H26N8O. The summed E-state index contributed by atoms with van der Waals surface area (Å²) >= 11 is 0. The summed E-state index contributed by atoms with van der Waals surface area (Å²) in [6.07, 6.45) is 4.82. The summed E-state index contributed by atoms with van der Waals surface area (Å²) in [5, 5.41) is 18.7. The minimum Gasteiger partial charge on any atom is -0.507 e. The third-order valence-corrected chi connectivity index (χ3v) is 6.34. The lowest BCUT2D eigenvalue weighted by molar-refractivity contribution is 0.433. The minimum atomic E-state index is 0.170. The van der Waals surface area contributed by atoms with Gasteiger partial charge in [-0.3, -0.25) is 0 Å². The highest BCUT2D eigenvalue weighted by atomic mass is 16.3. The van der Waals surface area contributed by atoms with Crippen molar-refractivity contribution in [1.82, 2.24) is 20.2 Å². The normalized spacial score (nSPS) is 19.7. The quantitative estimate of drug-likeness (QED) is 0.520. The number of nitrogen functional groups attached to an aromatic ring is 1. The molecule has 168 valence electrons. The van der Waals surface area contributed by atoms with E-state index in [9.17, 15) is 5.11 Å². The van der Waals surface area contributed by atoms with Crippen LogP contribution in [0.1, 0.15) is 25.1 Å². The lowest BCUT2D eigenvalue weighted by Crippen LogP contribution is -2.50. The van der Waals surface area contributed by atoms with E-state index in [1.165, 1.54) is 0 Å². The van der Waals surface area contributed by atoms with Gasteiger partial charge in [-0.2, -0.15) is 0 Å². The van der Waals surface area contributed by atoms with E-state index in [0.29, 0.717) is 28.9 Å². The number of nitrogens with two attached hydrogens (primary N) is 2. The predicted octanol–water partition coefficient (Wildman–Crippen LogP) is 1.78. The molecule has 2 fully saturated rings. The first kappa shape index (κ1) is 21.0. The van der Waals surface area contributed by atoms with E-state index in [2.05, 4.69) is 41.8 Å². The Hall–Kier alpha value is -3.90. The molecule has 0 amide bonds. The van der Waals surface area contributed by atoms with Crippen LogP contribution in [0.2, 0.25) is 0 Å². The monoisotopic (exact) mass is 442 g/mol. The zero-order valence-electron chi connectivity index (χ0n) is 18.2. The van der Waals surface area contributed by atoms with Gasteiger partial charge < -0.3 is 26.4 Å². The van der Waals surface area contributed by atoms with Crippen LogP contribution in [-0.4, -0.2) is 57.0 Å². The first-order chi connectivity index (χ1) is 16.2. The van der Waals surface area contributed by atoms with Gasteiger partial charge in [0.25, 0.3) is 0 Å². The van der Waals surface area contributed by atoms with Crippen LogP contribution in [-0.2, 0) is 0 Å². The van der Waals surface area contributed by atoms with Crippen molar-refractivity contribution in [2.24, 2.45) is 5.73 Å². The molecule has 2 aliphatic rings. The largest absolute Gasteiger partial charge is 0.507 e. The molecular weight excluding hydrogens is 416 g/mol. The Bertz CT molecular complexity index is 1220. The fourth-order valence-electron chi connectivity index (χ4n) is 4.91. The predicted molar refractivity (Wildman–Crippen MR) is 128 cm³/mol. The lowest BCUT2D eigenvalue weighted by Gasteiger charge is -2.41. The molecule has 2 atom stereocenters. The maximum Gasteiger partial charge on any atom is 0.206 e. The van der Waals surface area contributed by atoms with Gasteiger partial charge in [0.2, 0.25) is 5.82 Å². The number of benzene rings is 1. The smallest absolute Gasteiger partial charge is 0.206 e. The third-order valence-electron chi connectivity index (χ3n) is 6.34. The molecule has 3 aromatic rings. The fraction of sp³-hybridized carbons (Fsp3) is 0.333. The van der Waals surface area contributed by atoms with Gasteiger partial charge in [-0.15, -0.1) is 10.2 Å². The van der Waals surface area contributed by atoms with Gasteiger partial charge in [0.1, 0.15) is 11.6 Å². The van der Waals surface area contributed by atoms with E-state index in [1.807, 2.05) is 24.3 Å². The first-order valence-electron chi connectivity index (χ1n) is 11.1. The molecule has 0 spiro atoms. The Kier molecular flexibility index (Phi) is 5.67. The van der Waals surface area contributed by atoms with Gasteiger partial charge in [-0.1, -0.05) is 18.1 Å². The maximum atomic E-state index is 10.3. The number of aromatic nitrogens is 4. The summed E-state index contributed by atoms with van der Waals surface area (Å²) in [5.74, 6) is 7.68. The summed E-state index contributed by atoms with van der Waals surface area (Å²) in [7, 11) is 0. The highest BCUT2D eigenvalue weighted by Gasteiger charge is 2.41. The summed E-state index contributed by atoms with van der Waals surface area (Å²) < 4.78 is 0. The highest BCUT2D eigenvalue weighted by Crippen LogP contribution is 2.39. The molecule has 0 saturated carbocycles. The van der Waals surface area contributed by atoms with E-state index in [1.54, 1.807) is 18.3 Å².